The Balaban J connectivity index is 1.33. The van der Waals surface area contributed by atoms with Gasteiger partial charge >= 0.3 is 0 Å². The highest BCUT2D eigenvalue weighted by Gasteiger charge is 2.18. The summed E-state index contributed by atoms with van der Waals surface area (Å²) in [6, 6.07) is 30.5. The predicted molar refractivity (Wildman–Crippen MR) is 166 cm³/mol. The molecule has 0 bridgehead atoms. The minimum absolute atomic E-state index is 0.0901. The van der Waals surface area contributed by atoms with Gasteiger partial charge in [-0.05, 0) is 91.5 Å². The van der Waals surface area contributed by atoms with Crippen LogP contribution in [-0.4, -0.2) is 34.9 Å². The Morgan fingerprint density at radius 2 is 1.69 bits per heavy atom. The molecular weight excluding hydrogens is 525 g/mol. The van der Waals surface area contributed by atoms with Crippen molar-refractivity contribution in [3.05, 3.63) is 143 Å². The van der Waals surface area contributed by atoms with Gasteiger partial charge < -0.3 is 20.9 Å². The summed E-state index contributed by atoms with van der Waals surface area (Å²) in [6.07, 6.45) is 8.24. The molecule has 0 radical (unpaired) electrons. The van der Waals surface area contributed by atoms with Gasteiger partial charge in [-0.2, -0.15) is 0 Å². The van der Waals surface area contributed by atoms with Crippen LogP contribution in [0.3, 0.4) is 0 Å². The van der Waals surface area contributed by atoms with Gasteiger partial charge in [-0.3, -0.25) is 9.78 Å². The second-order valence-electron chi connectivity index (χ2n) is 10.6. The molecule has 1 aromatic heterocycles. The number of nitrogens with zero attached hydrogens (tertiary/aromatic N) is 2. The maximum Gasteiger partial charge on any atom is 0.251 e. The predicted octanol–water partition coefficient (Wildman–Crippen LogP) is 6.29. The summed E-state index contributed by atoms with van der Waals surface area (Å²) in [7, 11) is 0. The highest BCUT2D eigenvalue weighted by molar-refractivity contribution is 5.94. The normalized spacial score (nSPS) is 15.2. The highest BCUT2D eigenvalue weighted by Crippen LogP contribution is 2.21. The van der Waals surface area contributed by atoms with Crippen LogP contribution in [0.5, 0.6) is 0 Å². The quantitative estimate of drug-likeness (QED) is 0.189. The molecule has 3 N–H and O–H groups in total. The van der Waals surface area contributed by atoms with Crippen LogP contribution in [0.2, 0.25) is 0 Å². The maximum absolute atomic E-state index is 13.7. The zero-order valence-corrected chi connectivity index (χ0v) is 23.8. The van der Waals surface area contributed by atoms with Crippen molar-refractivity contribution < 1.29 is 9.18 Å². The lowest BCUT2D eigenvalue weighted by Gasteiger charge is -2.31. The molecule has 0 spiro atoms. The fraction of sp³-hybridized carbons (Fsp3) is 0.257. The van der Waals surface area contributed by atoms with Crippen LogP contribution >= 0.6 is 0 Å². The molecule has 1 unspecified atom stereocenters. The summed E-state index contributed by atoms with van der Waals surface area (Å²) < 4.78 is 13.7. The molecule has 1 fully saturated rings. The number of benzene rings is 3. The minimum Gasteiger partial charge on any atom is -0.352 e. The summed E-state index contributed by atoms with van der Waals surface area (Å²) in [5, 5.41) is 10.3. The summed E-state index contributed by atoms with van der Waals surface area (Å²) in [4.78, 5) is 19.6. The molecular formula is C35H38FN5O. The zero-order chi connectivity index (χ0) is 29.0. The summed E-state index contributed by atoms with van der Waals surface area (Å²) in [5.41, 5.74) is 4.62. The van der Waals surface area contributed by atoms with Gasteiger partial charge in [0.1, 0.15) is 11.6 Å². The fourth-order valence-electron chi connectivity index (χ4n) is 5.08. The van der Waals surface area contributed by atoms with Gasteiger partial charge in [-0.25, -0.2) is 4.39 Å². The lowest BCUT2D eigenvalue weighted by molar-refractivity contribution is 0.0954. The molecule has 1 aliphatic heterocycles. The Bertz CT molecular complexity index is 1420. The van der Waals surface area contributed by atoms with Crippen LogP contribution < -0.4 is 16.0 Å². The van der Waals surface area contributed by atoms with E-state index in [9.17, 15) is 9.18 Å². The average molecular weight is 564 g/mol. The molecule has 6 nitrogen and oxygen atoms in total. The fourth-order valence-corrected chi connectivity index (χ4v) is 5.08. The number of pyridine rings is 1. The molecule has 1 atom stereocenters. The maximum atomic E-state index is 13.7. The number of hydrogen-bond acceptors (Lipinski definition) is 5. The molecule has 0 saturated carbocycles. The van der Waals surface area contributed by atoms with E-state index in [4.69, 9.17) is 0 Å². The van der Waals surface area contributed by atoms with Crippen molar-refractivity contribution in [1.82, 2.24) is 20.5 Å². The summed E-state index contributed by atoms with van der Waals surface area (Å²) >= 11 is 0. The number of rotatable bonds is 12. The Morgan fingerprint density at radius 3 is 2.40 bits per heavy atom. The first kappa shape index (κ1) is 29.0. The largest absolute Gasteiger partial charge is 0.352 e. The first-order valence-electron chi connectivity index (χ1n) is 14.7. The van der Waals surface area contributed by atoms with Crippen molar-refractivity contribution in [2.75, 3.05) is 18.4 Å². The van der Waals surface area contributed by atoms with Crippen molar-refractivity contribution in [3.8, 4) is 0 Å². The standard InChI is InChI=1S/C35H38FN5O/c36-30-16-12-28(13-17-30)25-41(26-33-11-5-7-22-38-33)34(24-32-10-4-6-21-37-32)40-31-18-14-29(15-19-31)35(42)39-23-20-27-8-2-1-3-9-27/h1-3,5,7-9,11-19,22,24,32,37,40H,4,6,10,20-21,23,25-26H2,(H,39,42)/b34-24-. The Hall–Kier alpha value is -4.49. The Morgan fingerprint density at radius 1 is 0.905 bits per heavy atom. The summed E-state index contributed by atoms with van der Waals surface area (Å²) in [6.45, 7) is 2.71. The molecule has 1 aliphatic rings. The molecule has 216 valence electrons. The third-order valence-corrected chi connectivity index (χ3v) is 7.38. The first-order valence-corrected chi connectivity index (χ1v) is 14.7. The smallest absolute Gasteiger partial charge is 0.251 e. The number of aromatic nitrogens is 1. The van der Waals surface area contributed by atoms with Crippen LogP contribution in [0.4, 0.5) is 10.1 Å². The van der Waals surface area contributed by atoms with Crippen molar-refractivity contribution in [2.45, 2.75) is 44.8 Å². The molecule has 42 heavy (non-hydrogen) atoms. The molecule has 1 amide bonds. The van der Waals surface area contributed by atoms with Crippen LogP contribution in [-0.2, 0) is 19.5 Å². The van der Waals surface area contributed by atoms with E-state index in [-0.39, 0.29) is 17.8 Å². The van der Waals surface area contributed by atoms with E-state index in [2.05, 4.69) is 44.0 Å². The number of carbonyl (C=O) groups is 1. The Kier molecular flexibility index (Phi) is 10.3. The van der Waals surface area contributed by atoms with Gasteiger partial charge in [-0.15, -0.1) is 0 Å². The van der Waals surface area contributed by atoms with Crippen LogP contribution in [0.1, 0.15) is 46.4 Å². The van der Waals surface area contributed by atoms with Gasteiger partial charge in [-0.1, -0.05) is 55.0 Å². The molecule has 2 heterocycles. The van der Waals surface area contributed by atoms with Gasteiger partial charge in [0.05, 0.1) is 12.2 Å². The number of nitrogens with one attached hydrogen (secondary N) is 3. The van der Waals surface area contributed by atoms with E-state index in [1.807, 2.05) is 72.8 Å². The Labute approximate surface area is 247 Å². The first-order chi connectivity index (χ1) is 20.6. The summed E-state index contributed by atoms with van der Waals surface area (Å²) in [5.74, 6) is 0.594. The van der Waals surface area contributed by atoms with Gasteiger partial charge in [0.25, 0.3) is 5.91 Å². The van der Waals surface area contributed by atoms with E-state index in [1.54, 1.807) is 6.20 Å². The van der Waals surface area contributed by atoms with Crippen molar-refractivity contribution >= 4 is 11.6 Å². The van der Waals surface area contributed by atoms with Gasteiger partial charge in [0.2, 0.25) is 0 Å². The number of amides is 1. The van der Waals surface area contributed by atoms with E-state index in [1.165, 1.54) is 30.5 Å². The van der Waals surface area contributed by atoms with Crippen molar-refractivity contribution in [3.63, 3.8) is 0 Å². The SMILES string of the molecule is O=C(NCCc1ccccc1)c1ccc(N/C(=C/C2CCCCN2)N(Cc2ccc(F)cc2)Cc2ccccn2)cc1. The number of piperidine rings is 1. The molecule has 1 saturated heterocycles. The zero-order valence-electron chi connectivity index (χ0n) is 23.8. The van der Waals surface area contributed by atoms with E-state index in [0.29, 0.717) is 25.2 Å². The van der Waals surface area contributed by atoms with E-state index >= 15 is 0 Å². The van der Waals surface area contributed by atoms with Crippen LogP contribution in [0, 0.1) is 5.82 Å². The van der Waals surface area contributed by atoms with E-state index < -0.39 is 0 Å². The number of halogens is 1. The highest BCUT2D eigenvalue weighted by atomic mass is 19.1. The topological polar surface area (TPSA) is 69.3 Å². The van der Waals surface area contributed by atoms with E-state index in [0.717, 1.165) is 42.2 Å². The third kappa shape index (κ3) is 8.75. The third-order valence-electron chi connectivity index (χ3n) is 7.38. The minimum atomic E-state index is -0.250. The molecule has 3 aromatic carbocycles. The monoisotopic (exact) mass is 563 g/mol. The second-order valence-corrected chi connectivity index (χ2v) is 10.6. The second kappa shape index (κ2) is 14.9. The number of hydrogen-bond donors (Lipinski definition) is 3. The van der Waals surface area contributed by atoms with Crippen LogP contribution in [0.25, 0.3) is 0 Å². The van der Waals surface area contributed by atoms with Crippen molar-refractivity contribution in [1.29, 1.82) is 0 Å². The number of anilines is 1. The molecule has 0 aliphatic carbocycles. The van der Waals surface area contributed by atoms with Gasteiger partial charge in [0.15, 0.2) is 0 Å². The van der Waals surface area contributed by atoms with Crippen molar-refractivity contribution in [2.24, 2.45) is 0 Å². The van der Waals surface area contributed by atoms with Crippen LogP contribution in [0.15, 0.2) is 115 Å². The number of carbonyl (C=O) groups excluding carboxylic acids is 1. The molecule has 5 rings (SSSR count). The average Bonchev–Trinajstić information content (AvgIpc) is 3.03. The molecule has 7 heteroatoms. The lowest BCUT2D eigenvalue weighted by Crippen LogP contribution is -2.35. The van der Waals surface area contributed by atoms with Gasteiger partial charge in [0, 0.05) is 36.6 Å². The lowest BCUT2D eigenvalue weighted by atomic mass is 10.0. The molecule has 4 aromatic rings.